The number of rotatable bonds is 10. The highest BCUT2D eigenvalue weighted by Gasteiger charge is 2.20. The van der Waals surface area contributed by atoms with E-state index < -0.39 is 0 Å². The van der Waals surface area contributed by atoms with E-state index in [1.807, 2.05) is 47.2 Å². The number of methoxy groups -OCH3 is 1. The van der Waals surface area contributed by atoms with Crippen LogP contribution >= 0.6 is 0 Å². The number of benzene rings is 2. The molecule has 9 heteroatoms. The standard InChI is InChI=1S/C30H33N7O2/c1-5-6-9-23-19-37(28-24(20(2)3)10-7-12-26(28)39-4)30(38)36(23)18-21-13-15-22(16-14-21)25-11-8-17-31-27(25)29-32-34-35-33-29/h7-8,10-17,19-20H,5-6,9,18H2,1-4H3,(H,32,33,34,35). The van der Waals surface area contributed by atoms with Crippen molar-refractivity contribution >= 4 is 0 Å². The van der Waals surface area contributed by atoms with Gasteiger partial charge in [-0.15, -0.1) is 10.2 Å². The molecule has 0 aliphatic rings. The molecule has 3 aromatic heterocycles. The Morgan fingerprint density at radius 3 is 2.56 bits per heavy atom. The molecule has 0 saturated heterocycles. The lowest BCUT2D eigenvalue weighted by Crippen LogP contribution is -2.25. The summed E-state index contributed by atoms with van der Waals surface area (Å²) in [5, 5.41) is 14.3. The van der Waals surface area contributed by atoms with E-state index in [4.69, 9.17) is 4.74 Å². The molecule has 5 rings (SSSR count). The molecule has 0 spiro atoms. The third-order valence-corrected chi connectivity index (χ3v) is 6.93. The summed E-state index contributed by atoms with van der Waals surface area (Å²) >= 11 is 0. The Kier molecular flexibility index (Phi) is 7.67. The Bertz CT molecular complexity index is 1600. The first kappa shape index (κ1) is 26.1. The number of pyridine rings is 1. The van der Waals surface area contributed by atoms with E-state index >= 15 is 0 Å². The van der Waals surface area contributed by atoms with E-state index in [0.717, 1.165) is 52.9 Å². The average Bonchev–Trinajstić information content (AvgIpc) is 3.61. The van der Waals surface area contributed by atoms with Gasteiger partial charge in [-0.3, -0.25) is 14.1 Å². The topological polar surface area (TPSA) is 104 Å². The van der Waals surface area contributed by atoms with Crippen LogP contribution in [0.25, 0.3) is 28.3 Å². The van der Waals surface area contributed by atoms with Crippen LogP contribution in [0.3, 0.4) is 0 Å². The quantitative estimate of drug-likeness (QED) is 0.263. The van der Waals surface area contributed by atoms with Crippen LogP contribution in [0, 0.1) is 0 Å². The van der Waals surface area contributed by atoms with Crippen LogP contribution in [-0.4, -0.2) is 41.9 Å². The normalized spacial score (nSPS) is 11.3. The second kappa shape index (κ2) is 11.5. The monoisotopic (exact) mass is 523 g/mol. The maximum Gasteiger partial charge on any atom is 0.333 e. The molecule has 0 bridgehead atoms. The van der Waals surface area contributed by atoms with Crippen molar-refractivity contribution in [2.75, 3.05) is 7.11 Å². The van der Waals surface area contributed by atoms with Gasteiger partial charge in [0.05, 0.1) is 19.3 Å². The molecule has 0 aliphatic carbocycles. The fraction of sp³-hybridized carbons (Fsp3) is 0.300. The molecule has 0 unspecified atom stereocenters. The first-order chi connectivity index (χ1) is 19.0. The highest BCUT2D eigenvalue weighted by molar-refractivity contribution is 5.77. The minimum Gasteiger partial charge on any atom is -0.495 e. The fourth-order valence-corrected chi connectivity index (χ4v) is 4.89. The first-order valence-electron chi connectivity index (χ1n) is 13.3. The third kappa shape index (κ3) is 5.25. The number of aryl methyl sites for hydroxylation is 1. The molecule has 39 heavy (non-hydrogen) atoms. The number of hydrogen-bond donors (Lipinski definition) is 1. The molecule has 0 amide bonds. The van der Waals surface area contributed by atoms with Gasteiger partial charge in [0.15, 0.2) is 0 Å². The van der Waals surface area contributed by atoms with Gasteiger partial charge in [0.1, 0.15) is 11.4 Å². The van der Waals surface area contributed by atoms with E-state index in [9.17, 15) is 4.79 Å². The zero-order valence-electron chi connectivity index (χ0n) is 22.8. The van der Waals surface area contributed by atoms with Gasteiger partial charge in [-0.1, -0.05) is 69.7 Å². The summed E-state index contributed by atoms with van der Waals surface area (Å²) in [5.41, 5.74) is 6.43. The lowest BCUT2D eigenvalue weighted by molar-refractivity contribution is 0.411. The smallest absolute Gasteiger partial charge is 0.333 e. The second-order valence-electron chi connectivity index (χ2n) is 9.85. The molecule has 5 aromatic rings. The largest absolute Gasteiger partial charge is 0.495 e. The van der Waals surface area contributed by atoms with Crippen LogP contribution < -0.4 is 10.4 Å². The molecule has 0 saturated carbocycles. The van der Waals surface area contributed by atoms with Crippen molar-refractivity contribution in [2.24, 2.45) is 0 Å². The number of nitrogens with one attached hydrogen (secondary N) is 1. The van der Waals surface area contributed by atoms with Gasteiger partial charge >= 0.3 is 5.69 Å². The van der Waals surface area contributed by atoms with Crippen LogP contribution in [0.4, 0.5) is 0 Å². The summed E-state index contributed by atoms with van der Waals surface area (Å²) < 4.78 is 9.35. The van der Waals surface area contributed by atoms with E-state index in [-0.39, 0.29) is 11.6 Å². The fourth-order valence-electron chi connectivity index (χ4n) is 4.89. The zero-order valence-corrected chi connectivity index (χ0v) is 22.8. The molecule has 0 atom stereocenters. The Morgan fingerprint density at radius 1 is 1.05 bits per heavy atom. The number of tetrazole rings is 1. The molecule has 9 nitrogen and oxygen atoms in total. The number of imidazole rings is 1. The Balaban J connectivity index is 1.52. The summed E-state index contributed by atoms with van der Waals surface area (Å²) in [6, 6.07) is 18.0. The lowest BCUT2D eigenvalue weighted by Gasteiger charge is -2.16. The third-order valence-electron chi connectivity index (χ3n) is 6.93. The highest BCUT2D eigenvalue weighted by Crippen LogP contribution is 2.32. The predicted octanol–water partition coefficient (Wildman–Crippen LogP) is 5.40. The molecule has 0 aliphatic heterocycles. The number of aromatic nitrogens is 7. The molecule has 200 valence electrons. The Labute approximate surface area is 227 Å². The van der Waals surface area contributed by atoms with Crippen molar-refractivity contribution < 1.29 is 4.74 Å². The van der Waals surface area contributed by atoms with Crippen molar-refractivity contribution in [3.63, 3.8) is 0 Å². The lowest BCUT2D eigenvalue weighted by atomic mass is 10.0. The van der Waals surface area contributed by atoms with Gasteiger partial charge in [0.2, 0.25) is 5.82 Å². The van der Waals surface area contributed by atoms with Gasteiger partial charge in [-0.25, -0.2) is 4.79 Å². The zero-order chi connectivity index (χ0) is 27.4. The highest BCUT2D eigenvalue weighted by atomic mass is 16.5. The van der Waals surface area contributed by atoms with Crippen molar-refractivity contribution in [1.29, 1.82) is 0 Å². The first-order valence-corrected chi connectivity index (χ1v) is 13.3. The van der Waals surface area contributed by atoms with Crippen molar-refractivity contribution in [2.45, 2.75) is 52.5 Å². The second-order valence-corrected chi connectivity index (χ2v) is 9.85. The number of para-hydroxylation sites is 1. The van der Waals surface area contributed by atoms with Crippen LogP contribution in [-0.2, 0) is 13.0 Å². The van der Waals surface area contributed by atoms with Gasteiger partial charge in [0, 0.05) is 23.7 Å². The minimum absolute atomic E-state index is 0.0665. The van der Waals surface area contributed by atoms with Crippen molar-refractivity contribution in [3.05, 3.63) is 94.3 Å². The molecule has 2 aromatic carbocycles. The van der Waals surface area contributed by atoms with Gasteiger partial charge in [-0.2, -0.15) is 5.21 Å². The maximum atomic E-state index is 13.9. The summed E-state index contributed by atoms with van der Waals surface area (Å²) in [6.45, 7) is 6.90. The number of H-pyrrole nitrogens is 1. The summed E-state index contributed by atoms with van der Waals surface area (Å²) in [4.78, 5) is 18.4. The van der Waals surface area contributed by atoms with Gasteiger partial charge in [0.25, 0.3) is 0 Å². The van der Waals surface area contributed by atoms with E-state index in [1.54, 1.807) is 17.9 Å². The Hall–Kier alpha value is -4.53. The number of aromatic amines is 1. The molecule has 0 radical (unpaired) electrons. The van der Waals surface area contributed by atoms with Crippen LogP contribution in [0.1, 0.15) is 56.4 Å². The number of hydrogen-bond acceptors (Lipinski definition) is 6. The van der Waals surface area contributed by atoms with E-state index in [0.29, 0.717) is 23.8 Å². The number of ether oxygens (including phenoxy) is 1. The number of unbranched alkanes of at least 4 members (excludes halogenated alkanes) is 1. The molecule has 1 N–H and O–H groups in total. The average molecular weight is 524 g/mol. The van der Waals surface area contributed by atoms with Crippen molar-refractivity contribution in [1.82, 2.24) is 34.7 Å². The molecular weight excluding hydrogens is 490 g/mol. The summed E-state index contributed by atoms with van der Waals surface area (Å²) in [7, 11) is 1.65. The van der Waals surface area contributed by atoms with Crippen molar-refractivity contribution in [3.8, 4) is 34.1 Å². The minimum atomic E-state index is -0.0665. The Morgan fingerprint density at radius 2 is 1.87 bits per heavy atom. The maximum absolute atomic E-state index is 13.9. The summed E-state index contributed by atoms with van der Waals surface area (Å²) in [5.74, 6) is 1.38. The molecular formula is C30H33N7O2. The van der Waals surface area contributed by atoms with Crippen LogP contribution in [0.15, 0.2) is 71.8 Å². The van der Waals surface area contributed by atoms with Crippen LogP contribution in [0.2, 0.25) is 0 Å². The predicted molar refractivity (Wildman–Crippen MR) is 151 cm³/mol. The SMILES string of the molecule is CCCCc1cn(-c2c(OC)cccc2C(C)C)c(=O)n1Cc1ccc(-c2cccnc2-c2nn[nH]n2)cc1. The van der Waals surface area contributed by atoms with Gasteiger partial charge in [-0.05, 0) is 52.8 Å². The number of nitrogens with zero attached hydrogens (tertiary/aromatic N) is 6. The van der Waals surface area contributed by atoms with E-state index in [2.05, 4.69) is 64.6 Å². The molecule has 3 heterocycles. The van der Waals surface area contributed by atoms with Gasteiger partial charge < -0.3 is 4.74 Å². The molecule has 0 fully saturated rings. The van der Waals surface area contributed by atoms with Crippen LogP contribution in [0.5, 0.6) is 5.75 Å². The summed E-state index contributed by atoms with van der Waals surface area (Å²) in [6.07, 6.45) is 6.58. The van der Waals surface area contributed by atoms with E-state index in [1.165, 1.54) is 0 Å².